The van der Waals surface area contributed by atoms with E-state index in [9.17, 15) is 0 Å². The van der Waals surface area contributed by atoms with Gasteiger partial charge in [-0.15, -0.1) is 11.3 Å². The number of nitrogens with zero attached hydrogens (tertiary/aromatic N) is 1. The van der Waals surface area contributed by atoms with Gasteiger partial charge in [0, 0.05) is 11.6 Å². The Morgan fingerprint density at radius 1 is 1.24 bits per heavy atom. The number of thiazole rings is 1. The first-order chi connectivity index (χ1) is 10.1. The molecule has 2 rings (SSSR count). The first-order valence-electron chi connectivity index (χ1n) is 6.99. The van der Waals surface area contributed by atoms with Gasteiger partial charge < -0.3 is 14.8 Å². The zero-order valence-electron chi connectivity index (χ0n) is 13.0. The van der Waals surface area contributed by atoms with E-state index in [0.717, 1.165) is 29.5 Å². The molecule has 21 heavy (non-hydrogen) atoms. The van der Waals surface area contributed by atoms with Crippen LogP contribution in [0.1, 0.15) is 24.4 Å². The second-order valence-electron chi connectivity index (χ2n) is 5.07. The lowest BCUT2D eigenvalue weighted by Crippen LogP contribution is -2.41. The van der Waals surface area contributed by atoms with Crippen molar-refractivity contribution in [2.45, 2.75) is 25.8 Å². The quantitative estimate of drug-likeness (QED) is 0.853. The van der Waals surface area contributed by atoms with E-state index in [2.05, 4.69) is 30.2 Å². The summed E-state index contributed by atoms with van der Waals surface area (Å²) in [6.45, 7) is 5.19. The maximum atomic E-state index is 5.38. The van der Waals surface area contributed by atoms with Crippen molar-refractivity contribution in [3.63, 3.8) is 0 Å². The molecule has 0 aliphatic carbocycles. The fraction of sp³-hybridized carbons (Fsp3) is 0.438. The molecule has 1 aromatic carbocycles. The normalized spacial score (nSPS) is 13.7. The number of likely N-dealkylation sites (N-methyl/N-ethyl adjacent to an activating group) is 1. The summed E-state index contributed by atoms with van der Waals surface area (Å²) in [5.74, 6) is 1.51. The minimum atomic E-state index is -0.178. The summed E-state index contributed by atoms with van der Waals surface area (Å²) in [7, 11) is 3.31. The van der Waals surface area contributed by atoms with Crippen LogP contribution in [0.5, 0.6) is 11.5 Å². The van der Waals surface area contributed by atoms with Crippen molar-refractivity contribution in [1.82, 2.24) is 10.3 Å². The molecule has 2 aromatic rings. The number of hydrogen-bond acceptors (Lipinski definition) is 5. The van der Waals surface area contributed by atoms with Gasteiger partial charge in [0.25, 0.3) is 0 Å². The molecule has 0 bridgehead atoms. The van der Waals surface area contributed by atoms with Crippen LogP contribution >= 0.6 is 11.3 Å². The highest BCUT2D eigenvalue weighted by Crippen LogP contribution is 2.32. The molecule has 1 atom stereocenters. The summed E-state index contributed by atoms with van der Waals surface area (Å²) in [4.78, 5) is 4.48. The molecule has 1 N–H and O–H groups in total. The molecule has 0 spiro atoms. The van der Waals surface area contributed by atoms with Gasteiger partial charge >= 0.3 is 0 Å². The predicted molar refractivity (Wildman–Crippen MR) is 86.4 cm³/mol. The lowest BCUT2D eigenvalue weighted by atomic mass is 9.93. The lowest BCUT2D eigenvalue weighted by molar-refractivity contribution is 0.350. The molecule has 4 nitrogen and oxygen atoms in total. The fourth-order valence-corrected chi connectivity index (χ4v) is 3.28. The van der Waals surface area contributed by atoms with Crippen LogP contribution in [-0.2, 0) is 12.0 Å². The molecule has 5 heteroatoms. The van der Waals surface area contributed by atoms with Crippen LogP contribution in [-0.4, -0.2) is 25.7 Å². The average Bonchev–Trinajstić information content (AvgIpc) is 3.02. The molecular formula is C16H22N2O2S. The van der Waals surface area contributed by atoms with Crippen molar-refractivity contribution in [2.75, 3.05) is 20.8 Å². The maximum absolute atomic E-state index is 5.38. The van der Waals surface area contributed by atoms with Gasteiger partial charge in [-0.3, -0.25) is 0 Å². The predicted octanol–water partition coefficient (Wildman–Crippen LogP) is 3.23. The van der Waals surface area contributed by atoms with Gasteiger partial charge in [-0.2, -0.15) is 0 Å². The number of methoxy groups -OCH3 is 2. The first-order valence-corrected chi connectivity index (χ1v) is 7.87. The van der Waals surface area contributed by atoms with Crippen molar-refractivity contribution < 1.29 is 9.47 Å². The number of nitrogens with one attached hydrogen (secondary N) is 1. The Morgan fingerprint density at radius 2 is 2.00 bits per heavy atom. The smallest absolute Gasteiger partial charge is 0.160 e. The topological polar surface area (TPSA) is 43.4 Å². The third kappa shape index (κ3) is 3.54. The van der Waals surface area contributed by atoms with Gasteiger partial charge in [-0.05, 0) is 37.6 Å². The third-order valence-electron chi connectivity index (χ3n) is 3.48. The molecule has 1 unspecified atom stereocenters. The minimum Gasteiger partial charge on any atom is -0.493 e. The van der Waals surface area contributed by atoms with Crippen molar-refractivity contribution in [1.29, 1.82) is 0 Å². The Labute approximate surface area is 130 Å². The molecule has 0 radical (unpaired) electrons. The van der Waals surface area contributed by atoms with Crippen molar-refractivity contribution in [2.24, 2.45) is 0 Å². The van der Waals surface area contributed by atoms with Crippen LogP contribution < -0.4 is 14.8 Å². The van der Waals surface area contributed by atoms with E-state index in [-0.39, 0.29) is 5.54 Å². The number of ether oxygens (including phenoxy) is 2. The van der Waals surface area contributed by atoms with Crippen molar-refractivity contribution in [3.05, 3.63) is 40.3 Å². The van der Waals surface area contributed by atoms with E-state index in [1.807, 2.05) is 23.7 Å². The molecule has 0 amide bonds. The Bertz CT molecular complexity index is 572. The molecule has 1 aromatic heterocycles. The Balaban J connectivity index is 2.29. The fourth-order valence-electron chi connectivity index (χ4n) is 2.50. The Hall–Kier alpha value is -1.59. The summed E-state index contributed by atoms with van der Waals surface area (Å²) in [5.41, 5.74) is 1.01. The van der Waals surface area contributed by atoms with Crippen LogP contribution in [0.15, 0.2) is 29.8 Å². The van der Waals surface area contributed by atoms with E-state index in [4.69, 9.17) is 9.47 Å². The van der Waals surface area contributed by atoms with Gasteiger partial charge in [0.15, 0.2) is 11.5 Å². The minimum absolute atomic E-state index is 0.178. The van der Waals surface area contributed by atoms with Gasteiger partial charge in [0.2, 0.25) is 0 Å². The van der Waals surface area contributed by atoms with Gasteiger partial charge in [-0.1, -0.05) is 13.0 Å². The van der Waals surface area contributed by atoms with E-state index in [1.54, 1.807) is 25.6 Å². The van der Waals surface area contributed by atoms with E-state index in [0.29, 0.717) is 0 Å². The van der Waals surface area contributed by atoms with Crippen molar-refractivity contribution >= 4 is 11.3 Å². The second-order valence-corrected chi connectivity index (χ2v) is 5.96. The molecule has 114 valence electrons. The highest BCUT2D eigenvalue weighted by Gasteiger charge is 2.28. The molecule has 0 fully saturated rings. The Kier molecular flexibility index (Phi) is 5.20. The molecule has 1 heterocycles. The third-order valence-corrected chi connectivity index (χ3v) is 4.51. The maximum Gasteiger partial charge on any atom is 0.160 e. The summed E-state index contributed by atoms with van der Waals surface area (Å²) >= 11 is 1.68. The van der Waals surface area contributed by atoms with Gasteiger partial charge in [0.05, 0.1) is 19.8 Å². The van der Waals surface area contributed by atoms with Gasteiger partial charge in [0.1, 0.15) is 5.01 Å². The first kappa shape index (κ1) is 15.8. The number of benzene rings is 1. The average molecular weight is 306 g/mol. The number of hydrogen-bond donors (Lipinski definition) is 1. The van der Waals surface area contributed by atoms with Crippen LogP contribution in [0.2, 0.25) is 0 Å². The largest absolute Gasteiger partial charge is 0.493 e. The standard InChI is InChI=1S/C16H22N2O2S/c1-5-18-16(2,15-17-8-9-21-15)11-12-6-7-13(19-3)14(10-12)20-4/h6-10,18H,5,11H2,1-4H3. The van der Waals surface area contributed by atoms with Crippen LogP contribution in [0, 0.1) is 0 Å². The summed E-state index contributed by atoms with van der Waals surface area (Å²) in [5, 5.41) is 6.66. The zero-order valence-corrected chi connectivity index (χ0v) is 13.8. The van der Waals surface area contributed by atoms with E-state index in [1.165, 1.54) is 5.56 Å². The summed E-state index contributed by atoms with van der Waals surface area (Å²) in [6.07, 6.45) is 2.69. The second kappa shape index (κ2) is 6.91. The van der Waals surface area contributed by atoms with E-state index >= 15 is 0 Å². The summed E-state index contributed by atoms with van der Waals surface area (Å²) < 4.78 is 10.7. The molecule has 0 saturated heterocycles. The number of rotatable bonds is 7. The molecule has 0 aliphatic heterocycles. The highest BCUT2D eigenvalue weighted by atomic mass is 32.1. The van der Waals surface area contributed by atoms with Gasteiger partial charge in [-0.25, -0.2) is 4.98 Å². The SMILES string of the molecule is CCNC(C)(Cc1ccc(OC)c(OC)c1)c1nccs1. The van der Waals surface area contributed by atoms with Crippen LogP contribution in [0.3, 0.4) is 0 Å². The summed E-state index contributed by atoms with van der Waals surface area (Å²) in [6, 6.07) is 6.05. The van der Waals surface area contributed by atoms with Crippen molar-refractivity contribution in [3.8, 4) is 11.5 Å². The van der Waals surface area contributed by atoms with Crippen LogP contribution in [0.4, 0.5) is 0 Å². The molecule has 0 aliphatic rings. The highest BCUT2D eigenvalue weighted by molar-refractivity contribution is 7.09. The van der Waals surface area contributed by atoms with Crippen LogP contribution in [0.25, 0.3) is 0 Å². The molecule has 0 saturated carbocycles. The lowest BCUT2D eigenvalue weighted by Gasteiger charge is -2.29. The van der Waals surface area contributed by atoms with E-state index < -0.39 is 0 Å². The zero-order chi connectivity index (χ0) is 15.3. The molecular weight excluding hydrogens is 284 g/mol. The number of aromatic nitrogens is 1. The Morgan fingerprint density at radius 3 is 2.57 bits per heavy atom. The monoisotopic (exact) mass is 306 g/mol.